The lowest BCUT2D eigenvalue weighted by Crippen LogP contribution is -1.98. The van der Waals surface area contributed by atoms with Crippen LogP contribution in [0.3, 0.4) is 0 Å². The van der Waals surface area contributed by atoms with E-state index >= 15 is 0 Å². The summed E-state index contributed by atoms with van der Waals surface area (Å²) in [5, 5.41) is 22.2. The van der Waals surface area contributed by atoms with Crippen molar-refractivity contribution in [1.82, 2.24) is 0 Å². The maximum absolute atomic E-state index is 11.1. The van der Waals surface area contributed by atoms with Gasteiger partial charge in [-0.3, -0.25) is 20.2 Å². The molecule has 2 aromatic carbocycles. The van der Waals surface area contributed by atoms with Crippen molar-refractivity contribution in [1.29, 1.82) is 0 Å². The van der Waals surface area contributed by atoms with Gasteiger partial charge in [-0.15, -0.1) is 0 Å². The highest BCUT2D eigenvalue weighted by atomic mass is 79.9. The minimum atomic E-state index is -0.626. The van der Waals surface area contributed by atoms with Crippen LogP contribution in [0, 0.1) is 20.2 Å². The Labute approximate surface area is 116 Å². The zero-order valence-corrected chi connectivity index (χ0v) is 11.0. The second-order valence-electron chi connectivity index (χ2n) is 3.67. The molecule has 7 heteroatoms. The molecular weight excluding hydrogens is 316 g/mol. The second kappa shape index (κ2) is 5.15. The zero-order chi connectivity index (χ0) is 14.0. The average molecular weight is 323 g/mol. The second-order valence-corrected chi connectivity index (χ2v) is 4.52. The van der Waals surface area contributed by atoms with E-state index in [-0.39, 0.29) is 21.4 Å². The molecule has 0 heterocycles. The monoisotopic (exact) mass is 322 g/mol. The molecule has 0 bridgehead atoms. The van der Waals surface area contributed by atoms with E-state index in [0.29, 0.717) is 5.56 Å². The van der Waals surface area contributed by atoms with Crippen LogP contribution in [0.2, 0.25) is 0 Å². The number of nitro benzene ring substituents is 2. The van der Waals surface area contributed by atoms with Crippen molar-refractivity contribution in [2.24, 2.45) is 0 Å². The third-order valence-corrected chi connectivity index (χ3v) is 3.19. The first-order valence-corrected chi connectivity index (χ1v) is 5.98. The standard InChI is InChI=1S/C12H7BrN2O4/c13-9-6-7-10(14(16)17)11(12(9)15(18)19)8-4-2-1-3-5-8/h1-7H. The minimum absolute atomic E-state index is 0.00461. The Hall–Kier alpha value is -2.28. The van der Waals surface area contributed by atoms with Crippen LogP contribution in [0.1, 0.15) is 0 Å². The van der Waals surface area contributed by atoms with Gasteiger partial charge in [-0.1, -0.05) is 30.3 Å². The first-order chi connectivity index (χ1) is 9.02. The molecular formula is C12H7BrN2O4. The third-order valence-electron chi connectivity index (χ3n) is 2.55. The number of rotatable bonds is 3. The van der Waals surface area contributed by atoms with Gasteiger partial charge < -0.3 is 0 Å². The van der Waals surface area contributed by atoms with Gasteiger partial charge in [0.25, 0.3) is 11.4 Å². The first kappa shape index (κ1) is 13.2. The summed E-state index contributed by atoms with van der Waals surface area (Å²) in [5.41, 5.74) is -0.159. The first-order valence-electron chi connectivity index (χ1n) is 5.19. The lowest BCUT2D eigenvalue weighted by Gasteiger charge is -2.05. The van der Waals surface area contributed by atoms with E-state index in [1.165, 1.54) is 12.1 Å². The van der Waals surface area contributed by atoms with E-state index in [1.807, 2.05) is 0 Å². The summed E-state index contributed by atoms with van der Waals surface area (Å²) >= 11 is 3.06. The Kier molecular flexibility index (Phi) is 3.57. The van der Waals surface area contributed by atoms with Crippen LogP contribution in [0.4, 0.5) is 11.4 Å². The molecule has 0 aromatic heterocycles. The predicted octanol–water partition coefficient (Wildman–Crippen LogP) is 3.93. The molecule has 0 amide bonds. The van der Waals surface area contributed by atoms with Gasteiger partial charge in [0, 0.05) is 6.07 Å². The number of nitrogens with zero attached hydrogens (tertiary/aromatic N) is 2. The molecule has 0 aliphatic rings. The molecule has 0 fully saturated rings. The number of hydrogen-bond donors (Lipinski definition) is 0. The highest BCUT2D eigenvalue weighted by Gasteiger charge is 2.28. The van der Waals surface area contributed by atoms with Gasteiger partial charge >= 0.3 is 0 Å². The van der Waals surface area contributed by atoms with E-state index in [4.69, 9.17) is 0 Å². The fraction of sp³-hybridized carbons (Fsp3) is 0. The topological polar surface area (TPSA) is 86.3 Å². The molecule has 0 atom stereocenters. The summed E-state index contributed by atoms with van der Waals surface area (Å²) < 4.78 is 0.210. The van der Waals surface area contributed by atoms with Crippen molar-refractivity contribution in [2.75, 3.05) is 0 Å². The SMILES string of the molecule is O=[N+]([O-])c1ccc(Br)c([N+](=O)[O-])c1-c1ccccc1. The van der Waals surface area contributed by atoms with Crippen LogP contribution < -0.4 is 0 Å². The number of halogens is 1. The van der Waals surface area contributed by atoms with Crippen molar-refractivity contribution < 1.29 is 9.85 Å². The number of hydrogen-bond acceptors (Lipinski definition) is 4. The fourth-order valence-electron chi connectivity index (χ4n) is 1.78. The molecule has 2 aromatic rings. The van der Waals surface area contributed by atoms with Crippen molar-refractivity contribution in [3.63, 3.8) is 0 Å². The molecule has 0 radical (unpaired) electrons. The largest absolute Gasteiger partial charge is 0.298 e. The van der Waals surface area contributed by atoms with Crippen LogP contribution in [0.25, 0.3) is 11.1 Å². The van der Waals surface area contributed by atoms with Crippen LogP contribution in [0.15, 0.2) is 46.9 Å². The molecule has 0 unspecified atom stereocenters. The Morgan fingerprint density at radius 3 is 2.05 bits per heavy atom. The molecule has 0 saturated carbocycles. The van der Waals surface area contributed by atoms with Crippen LogP contribution >= 0.6 is 15.9 Å². The molecule has 2 rings (SSSR count). The molecule has 0 spiro atoms. The van der Waals surface area contributed by atoms with Gasteiger partial charge in [0.1, 0.15) is 5.56 Å². The Morgan fingerprint density at radius 1 is 0.895 bits per heavy atom. The van der Waals surface area contributed by atoms with E-state index in [9.17, 15) is 20.2 Å². The molecule has 0 aliphatic carbocycles. The van der Waals surface area contributed by atoms with Crippen molar-refractivity contribution in [3.8, 4) is 11.1 Å². The molecule has 96 valence electrons. The van der Waals surface area contributed by atoms with E-state index in [0.717, 1.165) is 0 Å². The summed E-state index contributed by atoms with van der Waals surface area (Å²) in [6, 6.07) is 10.8. The van der Waals surface area contributed by atoms with Crippen LogP contribution in [-0.2, 0) is 0 Å². The smallest absolute Gasteiger partial charge is 0.258 e. The molecule has 0 aliphatic heterocycles. The highest BCUT2D eigenvalue weighted by Crippen LogP contribution is 2.42. The fourth-order valence-corrected chi connectivity index (χ4v) is 2.25. The number of benzene rings is 2. The zero-order valence-electron chi connectivity index (χ0n) is 9.45. The average Bonchev–Trinajstić information content (AvgIpc) is 2.38. The third kappa shape index (κ3) is 2.45. The molecule has 0 saturated heterocycles. The summed E-state index contributed by atoms with van der Waals surface area (Å²) in [6.45, 7) is 0. The summed E-state index contributed by atoms with van der Waals surface area (Å²) in [6.07, 6.45) is 0. The molecule has 0 N–H and O–H groups in total. The highest BCUT2D eigenvalue weighted by molar-refractivity contribution is 9.10. The van der Waals surface area contributed by atoms with Crippen molar-refractivity contribution in [3.05, 3.63) is 67.2 Å². The van der Waals surface area contributed by atoms with Crippen molar-refractivity contribution in [2.45, 2.75) is 0 Å². The Balaban J connectivity index is 2.85. The number of nitro groups is 2. The van der Waals surface area contributed by atoms with Gasteiger partial charge in [-0.05, 0) is 27.6 Å². The van der Waals surface area contributed by atoms with Gasteiger partial charge in [0.15, 0.2) is 0 Å². The Morgan fingerprint density at radius 2 is 1.53 bits per heavy atom. The maximum atomic E-state index is 11.1. The quantitative estimate of drug-likeness (QED) is 0.632. The van der Waals surface area contributed by atoms with Crippen molar-refractivity contribution >= 4 is 27.3 Å². The van der Waals surface area contributed by atoms with E-state index in [2.05, 4.69) is 15.9 Å². The summed E-state index contributed by atoms with van der Waals surface area (Å²) in [7, 11) is 0. The van der Waals surface area contributed by atoms with Gasteiger partial charge in [-0.25, -0.2) is 0 Å². The van der Waals surface area contributed by atoms with Crippen LogP contribution in [-0.4, -0.2) is 9.85 Å². The maximum Gasteiger partial charge on any atom is 0.298 e. The summed E-state index contributed by atoms with van der Waals surface area (Å²) in [5.74, 6) is 0. The molecule has 6 nitrogen and oxygen atoms in total. The van der Waals surface area contributed by atoms with Gasteiger partial charge in [0.05, 0.1) is 14.3 Å². The van der Waals surface area contributed by atoms with Crippen LogP contribution in [0.5, 0.6) is 0 Å². The molecule has 19 heavy (non-hydrogen) atoms. The lowest BCUT2D eigenvalue weighted by atomic mass is 10.0. The van der Waals surface area contributed by atoms with E-state index < -0.39 is 9.85 Å². The van der Waals surface area contributed by atoms with E-state index in [1.54, 1.807) is 30.3 Å². The Bertz CT molecular complexity index is 658. The van der Waals surface area contributed by atoms with Gasteiger partial charge in [-0.2, -0.15) is 0 Å². The minimum Gasteiger partial charge on any atom is -0.258 e. The predicted molar refractivity (Wildman–Crippen MR) is 72.9 cm³/mol. The normalized spacial score (nSPS) is 10.2. The van der Waals surface area contributed by atoms with Gasteiger partial charge in [0.2, 0.25) is 0 Å². The lowest BCUT2D eigenvalue weighted by molar-refractivity contribution is -0.393. The summed E-state index contributed by atoms with van der Waals surface area (Å²) in [4.78, 5) is 20.9.